The molecule has 0 atom stereocenters. The van der Waals surface area contributed by atoms with Crippen LogP contribution < -0.4 is 4.74 Å². The largest absolute Gasteiger partial charge is 0.492 e. The van der Waals surface area contributed by atoms with Crippen LogP contribution in [0.5, 0.6) is 5.75 Å². The zero-order chi connectivity index (χ0) is 13.6. The van der Waals surface area contributed by atoms with E-state index in [0.717, 1.165) is 15.9 Å². The van der Waals surface area contributed by atoms with E-state index in [4.69, 9.17) is 4.74 Å². The van der Waals surface area contributed by atoms with E-state index in [1.54, 1.807) is 11.6 Å². The van der Waals surface area contributed by atoms with Crippen molar-refractivity contribution in [3.8, 4) is 11.7 Å². The first kappa shape index (κ1) is 12.2. The highest BCUT2D eigenvalue weighted by Crippen LogP contribution is 2.29. The summed E-state index contributed by atoms with van der Waals surface area (Å²) in [5.74, 6) is 1.33. The number of ether oxygens (including phenoxy) is 1. The molecule has 0 saturated carbocycles. The van der Waals surface area contributed by atoms with E-state index in [-0.39, 0.29) is 0 Å². The van der Waals surface area contributed by atoms with Crippen LogP contribution >= 0.6 is 15.9 Å². The van der Waals surface area contributed by atoms with Crippen molar-refractivity contribution in [1.82, 2.24) is 19.2 Å². The van der Waals surface area contributed by atoms with Crippen LogP contribution in [0, 0.1) is 13.8 Å². The highest BCUT2D eigenvalue weighted by Gasteiger charge is 2.14. The molecule has 5 nitrogen and oxygen atoms in total. The Hall–Kier alpha value is -1.82. The van der Waals surface area contributed by atoms with E-state index >= 15 is 0 Å². The van der Waals surface area contributed by atoms with Gasteiger partial charge in [-0.05, 0) is 48.0 Å². The number of rotatable bonds is 2. The lowest BCUT2D eigenvalue weighted by Gasteiger charge is -2.02. The van der Waals surface area contributed by atoms with E-state index in [9.17, 15) is 0 Å². The SMILES string of the molecule is COc1c(Br)ccn2nc(-n3c(C)ccc3C)nc12. The van der Waals surface area contributed by atoms with E-state index < -0.39 is 0 Å². The second-order valence-corrected chi connectivity index (χ2v) is 5.18. The van der Waals surface area contributed by atoms with Crippen molar-refractivity contribution in [2.45, 2.75) is 13.8 Å². The summed E-state index contributed by atoms with van der Waals surface area (Å²) in [6, 6.07) is 5.99. The summed E-state index contributed by atoms with van der Waals surface area (Å²) in [5, 5.41) is 4.49. The quantitative estimate of drug-likeness (QED) is 0.729. The predicted molar refractivity (Wildman–Crippen MR) is 76.0 cm³/mol. The van der Waals surface area contributed by atoms with Gasteiger partial charge in [0.2, 0.25) is 5.65 Å². The predicted octanol–water partition coefficient (Wildman–Crippen LogP) is 2.91. The number of aromatic nitrogens is 4. The fraction of sp³-hybridized carbons (Fsp3) is 0.231. The third-order valence-corrected chi connectivity index (χ3v) is 3.70. The van der Waals surface area contributed by atoms with Gasteiger partial charge in [-0.2, -0.15) is 4.98 Å². The van der Waals surface area contributed by atoms with Crippen LogP contribution in [-0.2, 0) is 0 Å². The lowest BCUT2D eigenvalue weighted by molar-refractivity contribution is 0.414. The second-order valence-electron chi connectivity index (χ2n) is 4.33. The summed E-state index contributed by atoms with van der Waals surface area (Å²) >= 11 is 3.45. The van der Waals surface area contributed by atoms with Crippen molar-refractivity contribution in [2.75, 3.05) is 7.11 Å². The zero-order valence-electron chi connectivity index (χ0n) is 10.9. The topological polar surface area (TPSA) is 44.4 Å². The Morgan fingerprint density at radius 2 is 1.84 bits per heavy atom. The highest BCUT2D eigenvalue weighted by molar-refractivity contribution is 9.10. The summed E-state index contributed by atoms with van der Waals surface area (Å²) < 4.78 is 9.97. The molecular formula is C13H13BrN4O. The Bertz CT molecular complexity index is 740. The molecule has 0 radical (unpaired) electrons. The minimum Gasteiger partial charge on any atom is -0.492 e. The number of methoxy groups -OCH3 is 1. The molecule has 0 fully saturated rings. The van der Waals surface area contributed by atoms with Gasteiger partial charge in [-0.15, -0.1) is 5.10 Å². The van der Waals surface area contributed by atoms with Gasteiger partial charge in [0.1, 0.15) is 0 Å². The Morgan fingerprint density at radius 1 is 1.16 bits per heavy atom. The molecule has 3 aromatic heterocycles. The summed E-state index contributed by atoms with van der Waals surface area (Å²) in [6.45, 7) is 4.07. The average molecular weight is 321 g/mol. The van der Waals surface area contributed by atoms with Crippen LogP contribution in [-0.4, -0.2) is 26.3 Å². The molecule has 0 aromatic carbocycles. The molecule has 0 saturated heterocycles. The molecule has 3 rings (SSSR count). The van der Waals surface area contributed by atoms with Gasteiger partial charge in [-0.25, -0.2) is 4.52 Å². The third kappa shape index (κ3) is 1.83. The molecular weight excluding hydrogens is 308 g/mol. The summed E-state index contributed by atoms with van der Waals surface area (Å²) in [6.07, 6.45) is 1.85. The molecule has 98 valence electrons. The number of pyridine rings is 1. The monoisotopic (exact) mass is 320 g/mol. The molecule has 3 aromatic rings. The molecule has 0 aliphatic rings. The van der Waals surface area contributed by atoms with Crippen molar-refractivity contribution in [1.29, 1.82) is 0 Å². The Kier molecular flexibility index (Phi) is 2.82. The van der Waals surface area contributed by atoms with Gasteiger partial charge in [-0.1, -0.05) is 0 Å². The zero-order valence-corrected chi connectivity index (χ0v) is 12.5. The lowest BCUT2D eigenvalue weighted by Crippen LogP contribution is -2.01. The van der Waals surface area contributed by atoms with E-state index in [1.807, 2.05) is 42.8 Å². The minimum atomic E-state index is 0.649. The molecule has 0 spiro atoms. The Morgan fingerprint density at radius 3 is 2.47 bits per heavy atom. The summed E-state index contributed by atoms with van der Waals surface area (Å²) in [5.41, 5.74) is 2.90. The van der Waals surface area contributed by atoms with Gasteiger partial charge >= 0.3 is 0 Å². The third-order valence-electron chi connectivity index (χ3n) is 3.08. The van der Waals surface area contributed by atoms with Gasteiger partial charge < -0.3 is 4.74 Å². The molecule has 3 heterocycles. The number of hydrogen-bond acceptors (Lipinski definition) is 3. The minimum absolute atomic E-state index is 0.649. The first-order valence-electron chi connectivity index (χ1n) is 5.86. The van der Waals surface area contributed by atoms with Gasteiger partial charge in [0.15, 0.2) is 5.75 Å². The molecule has 0 N–H and O–H groups in total. The normalized spacial score (nSPS) is 11.2. The number of fused-ring (bicyclic) bond motifs is 1. The van der Waals surface area contributed by atoms with Crippen molar-refractivity contribution >= 4 is 21.6 Å². The van der Waals surface area contributed by atoms with E-state index in [1.165, 1.54) is 0 Å². The summed E-state index contributed by atoms with van der Waals surface area (Å²) in [7, 11) is 1.63. The van der Waals surface area contributed by atoms with Crippen LogP contribution in [0.25, 0.3) is 11.6 Å². The van der Waals surface area contributed by atoms with Crippen molar-refractivity contribution in [3.05, 3.63) is 40.3 Å². The van der Waals surface area contributed by atoms with Gasteiger partial charge in [0.05, 0.1) is 11.6 Å². The molecule has 0 aliphatic carbocycles. The van der Waals surface area contributed by atoms with Crippen LogP contribution in [0.4, 0.5) is 0 Å². The number of halogens is 1. The maximum atomic E-state index is 5.37. The molecule has 0 aliphatic heterocycles. The molecule has 19 heavy (non-hydrogen) atoms. The fourth-order valence-corrected chi connectivity index (χ4v) is 2.61. The summed E-state index contributed by atoms with van der Waals surface area (Å²) in [4.78, 5) is 4.57. The van der Waals surface area contributed by atoms with Gasteiger partial charge in [0.25, 0.3) is 5.95 Å². The maximum absolute atomic E-state index is 5.37. The Labute approximate surface area is 119 Å². The number of aryl methyl sites for hydroxylation is 2. The first-order chi connectivity index (χ1) is 9.11. The van der Waals surface area contributed by atoms with Crippen LogP contribution in [0.2, 0.25) is 0 Å². The van der Waals surface area contributed by atoms with E-state index in [2.05, 4.69) is 26.0 Å². The number of hydrogen-bond donors (Lipinski definition) is 0. The second kappa shape index (κ2) is 4.38. The molecule has 0 unspecified atom stereocenters. The fourth-order valence-electron chi connectivity index (χ4n) is 2.16. The smallest absolute Gasteiger partial charge is 0.254 e. The van der Waals surface area contributed by atoms with Crippen LogP contribution in [0.3, 0.4) is 0 Å². The molecule has 0 amide bonds. The standard InChI is InChI=1S/C13H13BrN4O/c1-8-4-5-9(2)18(8)13-15-12-11(19-3)10(14)6-7-17(12)16-13/h4-7H,1-3H3. The highest BCUT2D eigenvalue weighted by atomic mass is 79.9. The maximum Gasteiger partial charge on any atom is 0.254 e. The van der Waals surface area contributed by atoms with Crippen LogP contribution in [0.15, 0.2) is 28.9 Å². The van der Waals surface area contributed by atoms with Crippen molar-refractivity contribution in [3.63, 3.8) is 0 Å². The van der Waals surface area contributed by atoms with Crippen molar-refractivity contribution < 1.29 is 4.74 Å². The van der Waals surface area contributed by atoms with Gasteiger partial charge in [0, 0.05) is 17.6 Å². The van der Waals surface area contributed by atoms with Crippen LogP contribution in [0.1, 0.15) is 11.4 Å². The Balaban J connectivity index is 2.28. The molecule has 0 bridgehead atoms. The van der Waals surface area contributed by atoms with Gasteiger partial charge in [-0.3, -0.25) is 4.57 Å². The average Bonchev–Trinajstić information content (AvgIpc) is 2.93. The lowest BCUT2D eigenvalue weighted by atomic mass is 10.4. The molecule has 6 heteroatoms. The van der Waals surface area contributed by atoms with E-state index in [0.29, 0.717) is 17.3 Å². The van der Waals surface area contributed by atoms with Crippen molar-refractivity contribution in [2.24, 2.45) is 0 Å². The first-order valence-corrected chi connectivity index (χ1v) is 6.65. The number of nitrogens with zero attached hydrogens (tertiary/aromatic N) is 4.